The zero-order valence-corrected chi connectivity index (χ0v) is 40.5. The van der Waals surface area contributed by atoms with Crippen molar-refractivity contribution < 1.29 is 109 Å². The van der Waals surface area contributed by atoms with E-state index in [1.165, 1.54) is 7.11 Å². The molecule has 22 nitrogen and oxygen atoms in total. The Hall–Kier alpha value is -2.33. The van der Waals surface area contributed by atoms with E-state index < -0.39 is 187 Å². The third kappa shape index (κ3) is 8.05. The van der Waals surface area contributed by atoms with E-state index >= 15 is 4.79 Å². The van der Waals surface area contributed by atoms with Crippen LogP contribution < -0.4 is 0 Å². The Morgan fingerprint density at radius 2 is 1.27 bits per heavy atom. The first-order valence-electron chi connectivity index (χ1n) is 24.5. The number of methoxy groups -OCH3 is 1. The van der Waals surface area contributed by atoms with Crippen LogP contribution in [0.25, 0.3) is 0 Å². The summed E-state index contributed by atoms with van der Waals surface area (Å²) in [6.07, 6.45) is -22.0. The standard InChI is InChI=1S/C48H74O22/c1-43(41(62)64-6)9-11-48(42(63)70-40-35(61)32(58)29(55)25(17-50)67-40)12-10-46(4)20(21(48)14-43)13-22(52)36-44(2)15-23(53)37(45(3,19-51)27(44)7-8-47(36,46)5)69-38-33(59)30(56)26(18-65-38)68-39-34(60)31(57)28(54)24(16-49)66-39/h13,21,23-40,49-51,53-61H,7-12,14-19H2,1-6H3. The van der Waals surface area contributed by atoms with Gasteiger partial charge in [0, 0.05) is 11.3 Å². The Morgan fingerprint density at radius 1 is 0.686 bits per heavy atom. The third-order valence-corrected chi connectivity index (χ3v) is 19.2. The summed E-state index contributed by atoms with van der Waals surface area (Å²) < 4.78 is 40.0. The van der Waals surface area contributed by atoms with Gasteiger partial charge in [-0.15, -0.1) is 0 Å². The van der Waals surface area contributed by atoms with Crippen LogP contribution in [0.15, 0.2) is 11.6 Å². The molecule has 70 heavy (non-hydrogen) atoms. The summed E-state index contributed by atoms with van der Waals surface area (Å²) in [5.41, 5.74) is -5.62. The number of ketones is 1. The van der Waals surface area contributed by atoms with Crippen molar-refractivity contribution in [1.29, 1.82) is 0 Å². The smallest absolute Gasteiger partial charge is 0.315 e. The topological polar surface area (TPSA) is 359 Å². The predicted octanol–water partition coefficient (Wildman–Crippen LogP) is -2.95. The number of carbonyl (C=O) groups is 3. The molecule has 3 saturated heterocycles. The zero-order chi connectivity index (χ0) is 51.4. The molecule has 25 unspecified atom stereocenters. The lowest BCUT2D eigenvalue weighted by atomic mass is 9.33. The van der Waals surface area contributed by atoms with Gasteiger partial charge < -0.3 is 94.4 Å². The first kappa shape index (κ1) is 53.9. The van der Waals surface area contributed by atoms with Gasteiger partial charge in [0.15, 0.2) is 18.4 Å². The Morgan fingerprint density at radius 3 is 1.87 bits per heavy atom. The molecule has 398 valence electrons. The Balaban J connectivity index is 1.06. The van der Waals surface area contributed by atoms with Gasteiger partial charge in [-0.25, -0.2) is 0 Å². The van der Waals surface area contributed by atoms with Gasteiger partial charge in [0.05, 0.1) is 56.6 Å². The molecule has 5 aliphatic carbocycles. The normalized spacial score (nSPS) is 53.6. The van der Waals surface area contributed by atoms with Crippen LogP contribution in [0.2, 0.25) is 0 Å². The molecule has 0 aromatic heterocycles. The summed E-state index contributed by atoms with van der Waals surface area (Å²) in [6, 6.07) is 0. The van der Waals surface area contributed by atoms with E-state index in [2.05, 4.69) is 6.92 Å². The van der Waals surface area contributed by atoms with Crippen LogP contribution in [0.1, 0.15) is 86.0 Å². The number of hydrogen-bond donors (Lipinski definition) is 12. The molecule has 0 bridgehead atoms. The van der Waals surface area contributed by atoms with Gasteiger partial charge in [0.2, 0.25) is 6.29 Å². The van der Waals surface area contributed by atoms with Crippen LogP contribution in [0.3, 0.4) is 0 Å². The van der Waals surface area contributed by atoms with Gasteiger partial charge in [0.1, 0.15) is 67.1 Å². The molecule has 22 heteroatoms. The van der Waals surface area contributed by atoms with Crippen molar-refractivity contribution in [3.63, 3.8) is 0 Å². The lowest BCUT2D eigenvalue weighted by molar-refractivity contribution is -0.357. The number of ether oxygens (including phenoxy) is 7. The first-order valence-corrected chi connectivity index (χ1v) is 24.5. The molecule has 8 rings (SSSR count). The highest BCUT2D eigenvalue weighted by Crippen LogP contribution is 2.75. The largest absolute Gasteiger partial charge is 0.469 e. The predicted molar refractivity (Wildman–Crippen MR) is 234 cm³/mol. The lowest BCUT2D eigenvalue weighted by Gasteiger charge is -2.71. The second kappa shape index (κ2) is 19.1. The molecular formula is C48H74O22. The maximum absolute atomic E-state index is 15.3. The van der Waals surface area contributed by atoms with Crippen molar-refractivity contribution in [2.75, 3.05) is 33.5 Å². The molecule has 25 atom stereocenters. The van der Waals surface area contributed by atoms with Crippen LogP contribution >= 0.6 is 0 Å². The SMILES string of the molecule is COC(=O)C1(C)CCC2(C(=O)OC3OC(CO)C(O)C(O)C3O)CCC3(C)C(=CC(=O)C4C5(C)CC(O)C(OC6OCC(OC7OC(CO)C(O)C(O)C7O)C(O)C6O)C(C)(CO)C5CCC43C)C2C1. The van der Waals surface area contributed by atoms with Gasteiger partial charge in [-0.1, -0.05) is 33.3 Å². The van der Waals surface area contributed by atoms with Crippen molar-refractivity contribution in [2.24, 2.45) is 50.2 Å². The summed E-state index contributed by atoms with van der Waals surface area (Å²) in [5.74, 6) is -3.52. The van der Waals surface area contributed by atoms with E-state index in [1.807, 2.05) is 13.8 Å². The Labute approximate surface area is 405 Å². The minimum atomic E-state index is -1.85. The molecule has 12 N–H and O–H groups in total. The van der Waals surface area contributed by atoms with Gasteiger partial charge in [-0.05, 0) is 92.4 Å². The molecule has 3 aliphatic heterocycles. The number of fused-ring (bicyclic) bond motifs is 7. The molecule has 7 fully saturated rings. The van der Waals surface area contributed by atoms with Gasteiger partial charge in [0.25, 0.3) is 0 Å². The fraction of sp³-hybridized carbons (Fsp3) is 0.896. The Kier molecular flexibility index (Phi) is 14.7. The number of esters is 2. The van der Waals surface area contributed by atoms with Crippen molar-refractivity contribution >= 4 is 17.7 Å². The number of allylic oxidation sites excluding steroid dienone is 2. The summed E-state index contributed by atoms with van der Waals surface area (Å²) in [5, 5.41) is 128. The molecule has 3 heterocycles. The van der Waals surface area contributed by atoms with E-state index in [-0.39, 0.29) is 37.9 Å². The summed E-state index contributed by atoms with van der Waals surface area (Å²) in [6.45, 7) is 7.13. The van der Waals surface area contributed by atoms with Crippen LogP contribution in [-0.4, -0.2) is 211 Å². The number of aliphatic hydroxyl groups excluding tert-OH is 12. The van der Waals surface area contributed by atoms with Crippen molar-refractivity contribution in [3.05, 3.63) is 11.6 Å². The molecule has 0 aromatic rings. The van der Waals surface area contributed by atoms with Gasteiger partial charge in [-0.3, -0.25) is 14.4 Å². The molecule has 0 aromatic carbocycles. The van der Waals surface area contributed by atoms with E-state index in [1.54, 1.807) is 19.9 Å². The van der Waals surface area contributed by atoms with Crippen molar-refractivity contribution in [2.45, 2.75) is 184 Å². The number of aliphatic hydroxyl groups is 12. The maximum atomic E-state index is 15.3. The van der Waals surface area contributed by atoms with Crippen LogP contribution in [0.4, 0.5) is 0 Å². The maximum Gasteiger partial charge on any atom is 0.315 e. The Bertz CT molecular complexity index is 2000. The van der Waals surface area contributed by atoms with Gasteiger partial charge in [-0.2, -0.15) is 0 Å². The van der Waals surface area contributed by atoms with Gasteiger partial charge >= 0.3 is 11.9 Å². The first-order chi connectivity index (χ1) is 32.8. The van der Waals surface area contributed by atoms with E-state index in [4.69, 9.17) is 33.2 Å². The second-order valence-electron chi connectivity index (χ2n) is 22.9. The highest BCUT2D eigenvalue weighted by molar-refractivity contribution is 5.96. The minimum Gasteiger partial charge on any atom is -0.469 e. The number of carbonyl (C=O) groups excluding carboxylic acids is 3. The fourth-order valence-electron chi connectivity index (χ4n) is 15.0. The summed E-state index contributed by atoms with van der Waals surface area (Å²) in [4.78, 5) is 43.6. The fourth-order valence-corrected chi connectivity index (χ4v) is 15.0. The monoisotopic (exact) mass is 1000 g/mol. The van der Waals surface area contributed by atoms with Crippen molar-refractivity contribution in [1.82, 2.24) is 0 Å². The molecule has 4 saturated carbocycles. The zero-order valence-electron chi connectivity index (χ0n) is 40.5. The molecule has 0 radical (unpaired) electrons. The molecule has 0 spiro atoms. The van der Waals surface area contributed by atoms with Crippen LogP contribution in [0.5, 0.6) is 0 Å². The van der Waals surface area contributed by atoms with E-state index in [0.717, 1.165) is 0 Å². The summed E-state index contributed by atoms with van der Waals surface area (Å²) in [7, 11) is 1.28. The number of rotatable bonds is 10. The average Bonchev–Trinajstić information content (AvgIpc) is 3.32. The average molecular weight is 1000 g/mol. The highest BCUT2D eigenvalue weighted by Gasteiger charge is 2.73. The quantitative estimate of drug-likeness (QED) is 0.0769. The summed E-state index contributed by atoms with van der Waals surface area (Å²) >= 11 is 0. The van der Waals surface area contributed by atoms with E-state index in [9.17, 15) is 70.9 Å². The minimum absolute atomic E-state index is 0.0105. The van der Waals surface area contributed by atoms with E-state index in [0.29, 0.717) is 24.8 Å². The molecular weight excluding hydrogens is 929 g/mol. The molecule has 8 aliphatic rings. The second-order valence-corrected chi connectivity index (χ2v) is 22.9. The van der Waals surface area contributed by atoms with Crippen LogP contribution in [0, 0.1) is 50.2 Å². The highest BCUT2D eigenvalue weighted by atomic mass is 16.7. The third-order valence-electron chi connectivity index (χ3n) is 19.2. The molecule has 0 amide bonds. The number of hydrogen-bond acceptors (Lipinski definition) is 22. The van der Waals surface area contributed by atoms with Crippen LogP contribution in [-0.2, 0) is 47.5 Å². The van der Waals surface area contributed by atoms with Crippen molar-refractivity contribution in [3.8, 4) is 0 Å². The lowest BCUT2D eigenvalue weighted by Crippen LogP contribution is -2.71.